The Morgan fingerprint density at radius 2 is 1.90 bits per heavy atom. The van der Waals surface area contributed by atoms with Gasteiger partial charge in [-0.2, -0.15) is 0 Å². The number of anilines is 1. The molecular formula is C18H30N2O. The third-order valence-electron chi connectivity index (χ3n) is 4.17. The summed E-state index contributed by atoms with van der Waals surface area (Å²) in [4.78, 5) is 2.44. The highest BCUT2D eigenvalue weighted by molar-refractivity contribution is 5.56. The van der Waals surface area contributed by atoms with Gasteiger partial charge >= 0.3 is 0 Å². The molecule has 1 aliphatic heterocycles. The van der Waals surface area contributed by atoms with Gasteiger partial charge in [0.25, 0.3) is 0 Å². The molecule has 21 heavy (non-hydrogen) atoms. The number of hydrogen-bond donors (Lipinski definition) is 1. The summed E-state index contributed by atoms with van der Waals surface area (Å²) in [7, 11) is 0. The molecular weight excluding hydrogens is 260 g/mol. The summed E-state index contributed by atoms with van der Waals surface area (Å²) in [5.41, 5.74) is 8.92. The van der Waals surface area contributed by atoms with Crippen molar-refractivity contribution in [3.8, 4) is 5.75 Å². The molecule has 3 heteroatoms. The van der Waals surface area contributed by atoms with E-state index in [1.54, 1.807) is 0 Å². The van der Waals surface area contributed by atoms with E-state index in [9.17, 15) is 0 Å². The van der Waals surface area contributed by atoms with Gasteiger partial charge in [0.15, 0.2) is 0 Å². The molecule has 0 radical (unpaired) electrons. The van der Waals surface area contributed by atoms with Crippen molar-refractivity contribution in [3.05, 3.63) is 23.8 Å². The molecule has 2 rings (SSSR count). The van der Waals surface area contributed by atoms with Crippen LogP contribution in [0.5, 0.6) is 5.75 Å². The lowest BCUT2D eigenvalue weighted by molar-refractivity contribution is 0.243. The Morgan fingerprint density at radius 1 is 1.24 bits per heavy atom. The van der Waals surface area contributed by atoms with Crippen molar-refractivity contribution < 1.29 is 4.74 Å². The minimum absolute atomic E-state index is 0.321. The minimum Gasteiger partial charge on any atom is -0.494 e. The van der Waals surface area contributed by atoms with Gasteiger partial charge in [-0.25, -0.2) is 0 Å². The largest absolute Gasteiger partial charge is 0.494 e. The van der Waals surface area contributed by atoms with Crippen molar-refractivity contribution in [2.24, 2.45) is 11.1 Å². The SMILES string of the molecule is Cc1cc(OCCC(C)(C)C)ccc1N1CCC(N)CC1. The van der Waals surface area contributed by atoms with E-state index in [2.05, 4.69) is 50.8 Å². The third kappa shape index (κ3) is 4.92. The number of nitrogens with two attached hydrogens (primary N) is 1. The summed E-state index contributed by atoms with van der Waals surface area (Å²) in [6.07, 6.45) is 3.24. The first-order chi connectivity index (χ1) is 9.85. The van der Waals surface area contributed by atoms with Crippen molar-refractivity contribution in [3.63, 3.8) is 0 Å². The molecule has 3 nitrogen and oxygen atoms in total. The molecule has 2 N–H and O–H groups in total. The second-order valence-corrected chi connectivity index (χ2v) is 7.43. The van der Waals surface area contributed by atoms with Gasteiger partial charge in [0, 0.05) is 24.8 Å². The number of hydrogen-bond acceptors (Lipinski definition) is 3. The Morgan fingerprint density at radius 3 is 2.48 bits per heavy atom. The molecule has 1 saturated heterocycles. The lowest BCUT2D eigenvalue weighted by atomic mass is 9.93. The standard InChI is InChI=1S/C18H30N2O/c1-14-13-16(21-12-9-18(2,3)4)5-6-17(14)20-10-7-15(19)8-11-20/h5-6,13,15H,7-12,19H2,1-4H3. The number of benzene rings is 1. The van der Waals surface area contributed by atoms with Gasteiger partial charge in [-0.15, -0.1) is 0 Å². The van der Waals surface area contributed by atoms with Gasteiger partial charge in [-0.05, 0) is 55.4 Å². The second-order valence-electron chi connectivity index (χ2n) is 7.43. The van der Waals surface area contributed by atoms with Crippen LogP contribution in [0.15, 0.2) is 18.2 Å². The molecule has 0 bridgehead atoms. The van der Waals surface area contributed by atoms with Crippen molar-refractivity contribution in [2.45, 2.75) is 53.0 Å². The maximum absolute atomic E-state index is 5.98. The van der Waals surface area contributed by atoms with E-state index in [0.717, 1.165) is 44.7 Å². The molecule has 1 aromatic carbocycles. The summed E-state index contributed by atoms with van der Waals surface area (Å²) in [5, 5.41) is 0. The average molecular weight is 290 g/mol. The Balaban J connectivity index is 1.94. The van der Waals surface area contributed by atoms with Crippen LogP contribution < -0.4 is 15.4 Å². The van der Waals surface area contributed by atoms with Crippen LogP contribution in [-0.2, 0) is 0 Å². The Bertz CT molecular complexity index is 457. The molecule has 1 aliphatic rings. The molecule has 118 valence electrons. The number of ether oxygens (including phenoxy) is 1. The topological polar surface area (TPSA) is 38.5 Å². The molecule has 0 aliphatic carbocycles. The third-order valence-corrected chi connectivity index (χ3v) is 4.17. The van der Waals surface area contributed by atoms with Crippen LogP contribution >= 0.6 is 0 Å². The van der Waals surface area contributed by atoms with E-state index in [0.29, 0.717) is 11.5 Å². The Hall–Kier alpha value is -1.22. The predicted octanol–water partition coefficient (Wildman–Crippen LogP) is 3.74. The first-order valence-corrected chi connectivity index (χ1v) is 8.09. The van der Waals surface area contributed by atoms with Crippen molar-refractivity contribution in [2.75, 3.05) is 24.6 Å². The fourth-order valence-electron chi connectivity index (χ4n) is 2.69. The van der Waals surface area contributed by atoms with Gasteiger partial charge in [0.1, 0.15) is 5.75 Å². The zero-order chi connectivity index (χ0) is 15.5. The van der Waals surface area contributed by atoms with E-state index < -0.39 is 0 Å². The maximum Gasteiger partial charge on any atom is 0.119 e. The van der Waals surface area contributed by atoms with Crippen LogP contribution in [0.1, 0.15) is 45.6 Å². The molecule has 1 fully saturated rings. The van der Waals surface area contributed by atoms with Crippen LogP contribution in [0.4, 0.5) is 5.69 Å². The molecule has 0 saturated carbocycles. The molecule has 0 amide bonds. The molecule has 0 spiro atoms. The Kier molecular flexibility index (Phi) is 5.15. The van der Waals surface area contributed by atoms with Crippen LogP contribution in [0.2, 0.25) is 0 Å². The van der Waals surface area contributed by atoms with E-state index in [-0.39, 0.29) is 0 Å². The molecule has 1 aromatic rings. The zero-order valence-electron chi connectivity index (χ0n) is 14.0. The summed E-state index contributed by atoms with van der Waals surface area (Å²) in [6.45, 7) is 11.8. The zero-order valence-corrected chi connectivity index (χ0v) is 14.0. The van der Waals surface area contributed by atoms with Gasteiger partial charge in [0.2, 0.25) is 0 Å². The molecule has 0 aromatic heterocycles. The van der Waals surface area contributed by atoms with Crippen molar-refractivity contribution in [1.29, 1.82) is 0 Å². The van der Waals surface area contributed by atoms with E-state index >= 15 is 0 Å². The van der Waals surface area contributed by atoms with Gasteiger partial charge < -0.3 is 15.4 Å². The quantitative estimate of drug-likeness (QED) is 0.918. The van der Waals surface area contributed by atoms with Crippen LogP contribution in [-0.4, -0.2) is 25.7 Å². The highest BCUT2D eigenvalue weighted by atomic mass is 16.5. The van der Waals surface area contributed by atoms with E-state index in [1.165, 1.54) is 11.3 Å². The fraction of sp³-hybridized carbons (Fsp3) is 0.667. The monoisotopic (exact) mass is 290 g/mol. The summed E-state index contributed by atoms with van der Waals surface area (Å²) in [5.74, 6) is 0.981. The number of nitrogens with zero attached hydrogens (tertiary/aromatic N) is 1. The lowest BCUT2D eigenvalue weighted by Gasteiger charge is -2.33. The number of piperidine rings is 1. The van der Waals surface area contributed by atoms with E-state index in [4.69, 9.17) is 10.5 Å². The summed E-state index contributed by atoms with van der Waals surface area (Å²) < 4.78 is 5.88. The smallest absolute Gasteiger partial charge is 0.119 e. The van der Waals surface area contributed by atoms with Gasteiger partial charge in [-0.3, -0.25) is 0 Å². The summed E-state index contributed by atoms with van der Waals surface area (Å²) in [6, 6.07) is 6.83. The molecule has 1 heterocycles. The highest BCUT2D eigenvalue weighted by Crippen LogP contribution is 2.27. The minimum atomic E-state index is 0.321. The fourth-order valence-corrected chi connectivity index (χ4v) is 2.69. The van der Waals surface area contributed by atoms with Gasteiger partial charge in [-0.1, -0.05) is 20.8 Å². The number of rotatable bonds is 4. The second kappa shape index (κ2) is 6.69. The molecule has 0 atom stereocenters. The maximum atomic E-state index is 5.98. The van der Waals surface area contributed by atoms with Gasteiger partial charge in [0.05, 0.1) is 6.61 Å². The predicted molar refractivity (Wildman–Crippen MR) is 90.2 cm³/mol. The highest BCUT2D eigenvalue weighted by Gasteiger charge is 2.18. The van der Waals surface area contributed by atoms with Crippen LogP contribution in [0, 0.1) is 12.3 Å². The van der Waals surface area contributed by atoms with E-state index in [1.807, 2.05) is 0 Å². The van der Waals surface area contributed by atoms with Crippen LogP contribution in [0.25, 0.3) is 0 Å². The summed E-state index contributed by atoms with van der Waals surface area (Å²) >= 11 is 0. The Labute approximate surface area is 129 Å². The normalized spacial score (nSPS) is 17.1. The first kappa shape index (κ1) is 16.2. The first-order valence-electron chi connectivity index (χ1n) is 8.09. The lowest BCUT2D eigenvalue weighted by Crippen LogP contribution is -2.39. The van der Waals surface area contributed by atoms with Crippen molar-refractivity contribution >= 4 is 5.69 Å². The average Bonchev–Trinajstić information content (AvgIpc) is 2.39. The number of aryl methyl sites for hydroxylation is 1. The molecule has 0 unspecified atom stereocenters. The van der Waals surface area contributed by atoms with Crippen molar-refractivity contribution in [1.82, 2.24) is 0 Å². The van der Waals surface area contributed by atoms with Crippen LogP contribution in [0.3, 0.4) is 0 Å².